The number of ether oxygens (including phenoxy) is 1. The van der Waals surface area contributed by atoms with Gasteiger partial charge in [-0.2, -0.15) is 0 Å². The van der Waals surface area contributed by atoms with Gasteiger partial charge in [-0.1, -0.05) is 23.7 Å². The van der Waals surface area contributed by atoms with E-state index in [0.717, 1.165) is 5.39 Å². The van der Waals surface area contributed by atoms with Gasteiger partial charge in [0.15, 0.2) is 11.3 Å². The van der Waals surface area contributed by atoms with Gasteiger partial charge in [0.25, 0.3) is 0 Å². The Hall–Kier alpha value is -2.79. The molecule has 0 N–H and O–H groups in total. The van der Waals surface area contributed by atoms with Crippen LogP contribution in [0.3, 0.4) is 0 Å². The third kappa shape index (κ3) is 2.26. The van der Waals surface area contributed by atoms with Crippen LogP contribution in [0.1, 0.15) is 0 Å². The summed E-state index contributed by atoms with van der Waals surface area (Å²) in [7, 11) is 1.54. The smallest absolute Gasteiger partial charge is 0.345 e. The molecule has 0 saturated carbocycles. The van der Waals surface area contributed by atoms with E-state index in [2.05, 4.69) is 4.98 Å². The minimum Gasteiger partial charge on any atom is -0.493 e. The lowest BCUT2D eigenvalue weighted by Gasteiger charge is -2.04. The van der Waals surface area contributed by atoms with Crippen LogP contribution in [0.2, 0.25) is 5.02 Å². The fourth-order valence-corrected chi connectivity index (χ4v) is 2.72. The molecule has 6 heteroatoms. The third-order valence-corrected chi connectivity index (χ3v) is 3.86. The maximum absolute atomic E-state index is 12.3. The number of pyridine rings is 1. The van der Waals surface area contributed by atoms with Crippen LogP contribution in [0, 0.1) is 0 Å². The van der Waals surface area contributed by atoms with Crippen LogP contribution >= 0.6 is 11.6 Å². The van der Waals surface area contributed by atoms with E-state index in [1.807, 2.05) is 12.1 Å². The van der Waals surface area contributed by atoms with Gasteiger partial charge in [0, 0.05) is 17.8 Å². The van der Waals surface area contributed by atoms with Gasteiger partial charge < -0.3 is 13.6 Å². The molecule has 0 spiro atoms. The molecule has 1 aromatic carbocycles. The number of fused-ring (bicyclic) bond motifs is 2. The Labute approximate surface area is 135 Å². The molecule has 5 nitrogen and oxygen atoms in total. The summed E-state index contributed by atoms with van der Waals surface area (Å²) in [5.74, 6) is 0.521. The molecule has 23 heavy (non-hydrogen) atoms. The Balaban J connectivity index is 1.96. The summed E-state index contributed by atoms with van der Waals surface area (Å²) in [4.78, 5) is 16.8. The molecule has 0 aliphatic rings. The monoisotopic (exact) mass is 326 g/mol. The lowest BCUT2D eigenvalue weighted by atomic mass is 10.1. The normalized spacial score (nSPS) is 11.2. The summed E-state index contributed by atoms with van der Waals surface area (Å²) < 4.78 is 12.4. The summed E-state index contributed by atoms with van der Waals surface area (Å²) >= 11 is 5.97. The summed E-state index contributed by atoms with van der Waals surface area (Å²) in [5, 5.41) is 1.37. The van der Waals surface area contributed by atoms with Crippen LogP contribution in [-0.2, 0) is 0 Å². The van der Waals surface area contributed by atoms with Gasteiger partial charge in [0.05, 0.1) is 23.4 Å². The molecule has 0 amide bonds. The van der Waals surface area contributed by atoms with Crippen molar-refractivity contribution in [3.8, 4) is 17.0 Å². The second-order valence-corrected chi connectivity index (χ2v) is 5.50. The Bertz CT molecular complexity index is 1100. The molecule has 0 radical (unpaired) electrons. The van der Waals surface area contributed by atoms with E-state index in [9.17, 15) is 4.79 Å². The van der Waals surface area contributed by atoms with E-state index < -0.39 is 5.63 Å². The molecular formula is C17H11ClN2O3. The average molecular weight is 327 g/mol. The zero-order valence-corrected chi connectivity index (χ0v) is 12.9. The van der Waals surface area contributed by atoms with Gasteiger partial charge in [0.2, 0.25) is 0 Å². The van der Waals surface area contributed by atoms with Crippen molar-refractivity contribution < 1.29 is 9.15 Å². The van der Waals surface area contributed by atoms with Crippen LogP contribution in [0.5, 0.6) is 5.75 Å². The van der Waals surface area contributed by atoms with Crippen molar-refractivity contribution in [1.82, 2.24) is 9.38 Å². The average Bonchev–Trinajstić information content (AvgIpc) is 2.96. The number of hydrogen-bond acceptors (Lipinski definition) is 4. The largest absolute Gasteiger partial charge is 0.493 e. The van der Waals surface area contributed by atoms with Crippen molar-refractivity contribution in [2.75, 3.05) is 7.11 Å². The Morgan fingerprint density at radius 3 is 2.91 bits per heavy atom. The fourth-order valence-electron chi connectivity index (χ4n) is 2.55. The fraction of sp³-hybridized carbons (Fsp3) is 0.0588. The molecule has 3 heterocycles. The molecule has 0 unspecified atom stereocenters. The van der Waals surface area contributed by atoms with Gasteiger partial charge in [-0.15, -0.1) is 0 Å². The zero-order chi connectivity index (χ0) is 16.0. The molecule has 0 atom stereocenters. The Kier molecular flexibility index (Phi) is 3.09. The summed E-state index contributed by atoms with van der Waals surface area (Å²) in [5.41, 5.74) is 1.60. The number of hydrogen-bond donors (Lipinski definition) is 0. The van der Waals surface area contributed by atoms with Crippen LogP contribution in [0.15, 0.2) is 58.0 Å². The minimum atomic E-state index is -0.462. The second kappa shape index (κ2) is 5.14. The van der Waals surface area contributed by atoms with Crippen molar-refractivity contribution >= 4 is 28.2 Å². The first-order valence-corrected chi connectivity index (χ1v) is 7.29. The van der Waals surface area contributed by atoms with Crippen molar-refractivity contribution in [3.63, 3.8) is 0 Å². The van der Waals surface area contributed by atoms with Gasteiger partial charge in [-0.25, -0.2) is 9.78 Å². The van der Waals surface area contributed by atoms with Gasteiger partial charge in [-0.05, 0) is 24.3 Å². The third-order valence-electron chi connectivity index (χ3n) is 3.63. The number of nitrogens with zero attached hydrogens (tertiary/aromatic N) is 2. The van der Waals surface area contributed by atoms with Crippen molar-refractivity contribution in [2.45, 2.75) is 0 Å². The first-order chi connectivity index (χ1) is 11.2. The SMILES string of the molecule is COc1cccc2cc(-c3cn4cc(Cl)ccc4n3)c(=O)oc12. The number of imidazole rings is 1. The number of para-hydroxylation sites is 1. The highest BCUT2D eigenvalue weighted by Gasteiger charge is 2.13. The van der Waals surface area contributed by atoms with E-state index in [0.29, 0.717) is 33.3 Å². The molecule has 4 rings (SSSR count). The molecule has 0 aliphatic heterocycles. The highest BCUT2D eigenvalue weighted by molar-refractivity contribution is 6.30. The zero-order valence-electron chi connectivity index (χ0n) is 12.1. The summed E-state index contributed by atoms with van der Waals surface area (Å²) in [6, 6.07) is 10.7. The molecule has 0 fully saturated rings. The molecule has 3 aromatic heterocycles. The Morgan fingerprint density at radius 1 is 1.22 bits per heavy atom. The van der Waals surface area contributed by atoms with E-state index in [4.69, 9.17) is 20.8 Å². The standard InChI is InChI=1S/C17H11ClN2O3/c1-22-14-4-2-3-10-7-12(17(21)23-16(10)14)13-9-20-8-11(18)5-6-15(20)19-13/h2-9H,1H3. The van der Waals surface area contributed by atoms with Crippen molar-refractivity contribution in [1.29, 1.82) is 0 Å². The van der Waals surface area contributed by atoms with Crippen LogP contribution in [0.4, 0.5) is 0 Å². The summed E-state index contributed by atoms with van der Waals surface area (Å²) in [6.45, 7) is 0. The topological polar surface area (TPSA) is 56.7 Å². The Morgan fingerprint density at radius 2 is 2.09 bits per heavy atom. The second-order valence-electron chi connectivity index (χ2n) is 5.07. The number of aromatic nitrogens is 2. The first-order valence-electron chi connectivity index (χ1n) is 6.91. The van der Waals surface area contributed by atoms with E-state index in [-0.39, 0.29) is 0 Å². The lowest BCUT2D eigenvalue weighted by Crippen LogP contribution is -2.03. The first kappa shape index (κ1) is 13.8. The molecule has 4 aromatic rings. The molecule has 0 aliphatic carbocycles. The quantitative estimate of drug-likeness (QED) is 0.526. The minimum absolute atomic E-state index is 0.394. The van der Waals surface area contributed by atoms with Crippen molar-refractivity contribution in [3.05, 3.63) is 64.2 Å². The maximum Gasteiger partial charge on any atom is 0.345 e. The van der Waals surface area contributed by atoms with E-state index in [1.165, 1.54) is 7.11 Å². The predicted octanol–water partition coefficient (Wildman–Crippen LogP) is 3.77. The predicted molar refractivity (Wildman–Crippen MR) is 88.2 cm³/mol. The van der Waals surface area contributed by atoms with Crippen LogP contribution in [0.25, 0.3) is 27.9 Å². The number of methoxy groups -OCH3 is 1. The highest BCUT2D eigenvalue weighted by Crippen LogP contribution is 2.27. The van der Waals surface area contributed by atoms with Gasteiger partial charge in [-0.3, -0.25) is 0 Å². The molecule has 0 saturated heterocycles. The summed E-state index contributed by atoms with van der Waals surface area (Å²) in [6.07, 6.45) is 3.48. The molecule has 114 valence electrons. The highest BCUT2D eigenvalue weighted by atomic mass is 35.5. The van der Waals surface area contributed by atoms with E-state index >= 15 is 0 Å². The van der Waals surface area contributed by atoms with Crippen LogP contribution in [-0.4, -0.2) is 16.5 Å². The molecular weight excluding hydrogens is 316 g/mol. The lowest BCUT2D eigenvalue weighted by molar-refractivity contribution is 0.407. The van der Waals surface area contributed by atoms with Crippen LogP contribution < -0.4 is 10.4 Å². The maximum atomic E-state index is 12.3. The number of rotatable bonds is 2. The number of halogens is 1. The van der Waals surface area contributed by atoms with E-state index in [1.54, 1.807) is 41.1 Å². The molecule has 0 bridgehead atoms. The van der Waals surface area contributed by atoms with Gasteiger partial charge in [0.1, 0.15) is 5.65 Å². The van der Waals surface area contributed by atoms with Gasteiger partial charge >= 0.3 is 5.63 Å². The number of benzene rings is 1. The van der Waals surface area contributed by atoms with Crippen molar-refractivity contribution in [2.24, 2.45) is 0 Å².